The molecule has 0 aliphatic heterocycles. The van der Waals surface area contributed by atoms with Gasteiger partial charge >= 0.3 is 5.97 Å². The molecule has 2 rings (SSSR count). The Morgan fingerprint density at radius 3 is 2.61 bits per heavy atom. The Morgan fingerprint density at radius 1 is 1.44 bits per heavy atom. The van der Waals surface area contributed by atoms with Crippen LogP contribution >= 0.6 is 27.3 Å². The molecule has 1 unspecified atom stereocenters. The fourth-order valence-corrected chi connectivity index (χ4v) is 2.86. The first-order valence-corrected chi connectivity index (χ1v) is 6.81. The van der Waals surface area contributed by atoms with E-state index in [2.05, 4.69) is 20.9 Å². The SMILES string of the molecule is Cc1nc(-c2ccc(Br)cc2)sc1C(N)C(=O)O. The Morgan fingerprint density at radius 2 is 2.06 bits per heavy atom. The number of aryl methyl sites for hydroxylation is 1. The van der Waals surface area contributed by atoms with E-state index >= 15 is 0 Å². The number of hydrogen-bond acceptors (Lipinski definition) is 4. The quantitative estimate of drug-likeness (QED) is 0.909. The van der Waals surface area contributed by atoms with Gasteiger partial charge in [0.2, 0.25) is 0 Å². The van der Waals surface area contributed by atoms with Crippen LogP contribution in [0.3, 0.4) is 0 Å². The van der Waals surface area contributed by atoms with Crippen molar-refractivity contribution in [2.75, 3.05) is 0 Å². The minimum absolute atomic E-state index is 0.598. The van der Waals surface area contributed by atoms with Crippen LogP contribution in [0.1, 0.15) is 16.6 Å². The molecule has 0 spiro atoms. The first-order chi connectivity index (χ1) is 8.49. The summed E-state index contributed by atoms with van der Waals surface area (Å²) in [7, 11) is 0. The van der Waals surface area contributed by atoms with Crippen molar-refractivity contribution < 1.29 is 9.90 Å². The highest BCUT2D eigenvalue weighted by atomic mass is 79.9. The maximum atomic E-state index is 10.9. The minimum Gasteiger partial charge on any atom is -0.480 e. The number of carboxylic acids is 1. The van der Waals surface area contributed by atoms with Gasteiger partial charge in [0.05, 0.1) is 10.6 Å². The van der Waals surface area contributed by atoms with Crippen molar-refractivity contribution in [3.63, 3.8) is 0 Å². The van der Waals surface area contributed by atoms with Crippen LogP contribution in [0.5, 0.6) is 0 Å². The number of rotatable bonds is 3. The molecule has 0 fully saturated rings. The Hall–Kier alpha value is -1.24. The van der Waals surface area contributed by atoms with Crippen LogP contribution in [-0.2, 0) is 4.79 Å². The first kappa shape index (κ1) is 13.2. The van der Waals surface area contributed by atoms with E-state index in [1.165, 1.54) is 11.3 Å². The molecule has 1 aromatic carbocycles. The number of halogens is 1. The fraction of sp³-hybridized carbons (Fsp3) is 0.167. The van der Waals surface area contributed by atoms with Crippen LogP contribution in [0.15, 0.2) is 28.7 Å². The predicted molar refractivity (Wildman–Crippen MR) is 74.6 cm³/mol. The molecule has 0 bridgehead atoms. The third kappa shape index (κ3) is 2.60. The van der Waals surface area contributed by atoms with E-state index < -0.39 is 12.0 Å². The molecule has 3 N–H and O–H groups in total. The number of carbonyl (C=O) groups is 1. The van der Waals surface area contributed by atoms with E-state index in [0.29, 0.717) is 10.6 Å². The van der Waals surface area contributed by atoms with E-state index in [4.69, 9.17) is 10.8 Å². The van der Waals surface area contributed by atoms with Gasteiger partial charge in [-0.25, -0.2) is 4.98 Å². The predicted octanol–water partition coefficient (Wildman–Crippen LogP) is 2.97. The van der Waals surface area contributed by atoms with Gasteiger partial charge in [0.1, 0.15) is 11.0 Å². The Labute approximate surface area is 117 Å². The Bertz CT molecular complexity index is 580. The van der Waals surface area contributed by atoms with Gasteiger partial charge in [0.25, 0.3) is 0 Å². The van der Waals surface area contributed by atoms with Gasteiger partial charge in [-0.3, -0.25) is 4.79 Å². The Balaban J connectivity index is 2.40. The molecule has 0 aliphatic rings. The van der Waals surface area contributed by atoms with Gasteiger partial charge < -0.3 is 10.8 Å². The van der Waals surface area contributed by atoms with Crippen LogP contribution in [-0.4, -0.2) is 16.1 Å². The fourth-order valence-electron chi connectivity index (χ4n) is 1.52. The molecule has 4 nitrogen and oxygen atoms in total. The van der Waals surface area contributed by atoms with Crippen LogP contribution in [0, 0.1) is 6.92 Å². The largest absolute Gasteiger partial charge is 0.480 e. The summed E-state index contributed by atoms with van der Waals surface area (Å²) < 4.78 is 0.988. The van der Waals surface area contributed by atoms with Gasteiger partial charge in [-0.05, 0) is 19.1 Å². The van der Waals surface area contributed by atoms with Crippen LogP contribution in [0.4, 0.5) is 0 Å². The highest BCUT2D eigenvalue weighted by Crippen LogP contribution is 2.31. The number of aromatic nitrogens is 1. The summed E-state index contributed by atoms with van der Waals surface area (Å²) in [6.45, 7) is 1.77. The van der Waals surface area contributed by atoms with Gasteiger partial charge in [-0.15, -0.1) is 11.3 Å². The number of thiazole rings is 1. The van der Waals surface area contributed by atoms with Gasteiger partial charge in [-0.2, -0.15) is 0 Å². The summed E-state index contributed by atoms with van der Waals surface area (Å²) in [4.78, 5) is 15.9. The second-order valence-corrected chi connectivity index (χ2v) is 5.74. The first-order valence-electron chi connectivity index (χ1n) is 5.20. The lowest BCUT2D eigenvalue weighted by Crippen LogP contribution is -2.20. The van der Waals surface area contributed by atoms with Gasteiger partial charge in [-0.1, -0.05) is 28.1 Å². The van der Waals surface area contributed by atoms with Gasteiger partial charge in [0, 0.05) is 10.0 Å². The zero-order valence-corrected chi connectivity index (χ0v) is 12.0. The molecule has 94 valence electrons. The molecule has 1 atom stereocenters. The zero-order chi connectivity index (χ0) is 13.3. The van der Waals surface area contributed by atoms with E-state index in [1.54, 1.807) is 6.92 Å². The second kappa shape index (κ2) is 5.17. The van der Waals surface area contributed by atoms with E-state index in [0.717, 1.165) is 15.0 Å². The average Bonchev–Trinajstić information content (AvgIpc) is 2.71. The van der Waals surface area contributed by atoms with Gasteiger partial charge in [0.15, 0.2) is 0 Å². The van der Waals surface area contributed by atoms with Crippen molar-refractivity contribution >= 4 is 33.2 Å². The lowest BCUT2D eigenvalue weighted by molar-refractivity contribution is -0.138. The summed E-state index contributed by atoms with van der Waals surface area (Å²) in [5.74, 6) is -1.04. The monoisotopic (exact) mass is 326 g/mol. The summed E-state index contributed by atoms with van der Waals surface area (Å²) in [5, 5.41) is 9.71. The normalized spacial score (nSPS) is 12.4. The maximum absolute atomic E-state index is 10.9. The lowest BCUT2D eigenvalue weighted by Gasteiger charge is -2.02. The molecule has 1 heterocycles. The summed E-state index contributed by atoms with van der Waals surface area (Å²) in [6.07, 6.45) is 0. The number of aliphatic carboxylic acids is 1. The third-order valence-electron chi connectivity index (χ3n) is 2.47. The molecule has 0 aliphatic carbocycles. The molecule has 1 aromatic heterocycles. The molecule has 0 saturated carbocycles. The minimum atomic E-state index is -1.04. The van der Waals surface area contributed by atoms with Crippen molar-refractivity contribution in [3.8, 4) is 10.6 Å². The number of hydrogen-bond donors (Lipinski definition) is 2. The van der Waals surface area contributed by atoms with Crippen molar-refractivity contribution in [1.82, 2.24) is 4.98 Å². The third-order valence-corrected chi connectivity index (χ3v) is 4.29. The van der Waals surface area contributed by atoms with Crippen molar-refractivity contribution in [1.29, 1.82) is 0 Å². The molecule has 2 aromatic rings. The van der Waals surface area contributed by atoms with Crippen LogP contribution in [0.25, 0.3) is 10.6 Å². The molecule has 0 radical (unpaired) electrons. The highest BCUT2D eigenvalue weighted by molar-refractivity contribution is 9.10. The maximum Gasteiger partial charge on any atom is 0.326 e. The molecule has 0 amide bonds. The van der Waals surface area contributed by atoms with E-state index in [-0.39, 0.29) is 0 Å². The summed E-state index contributed by atoms with van der Waals surface area (Å²) in [5.41, 5.74) is 7.25. The average molecular weight is 327 g/mol. The molecule has 18 heavy (non-hydrogen) atoms. The Kier molecular flexibility index (Phi) is 3.79. The number of nitrogens with zero attached hydrogens (tertiary/aromatic N) is 1. The topological polar surface area (TPSA) is 76.2 Å². The van der Waals surface area contributed by atoms with Crippen molar-refractivity contribution in [3.05, 3.63) is 39.3 Å². The van der Waals surface area contributed by atoms with Crippen molar-refractivity contribution in [2.45, 2.75) is 13.0 Å². The lowest BCUT2D eigenvalue weighted by atomic mass is 10.2. The van der Waals surface area contributed by atoms with Crippen LogP contribution in [0.2, 0.25) is 0 Å². The van der Waals surface area contributed by atoms with Crippen LogP contribution < -0.4 is 5.73 Å². The van der Waals surface area contributed by atoms with E-state index in [1.807, 2.05) is 24.3 Å². The summed E-state index contributed by atoms with van der Waals surface area (Å²) in [6, 6.07) is 6.69. The van der Waals surface area contributed by atoms with E-state index in [9.17, 15) is 4.79 Å². The molecule has 0 saturated heterocycles. The van der Waals surface area contributed by atoms with Crippen molar-refractivity contribution in [2.24, 2.45) is 5.73 Å². The summed E-state index contributed by atoms with van der Waals surface area (Å²) >= 11 is 4.69. The molecular formula is C12H11BrN2O2S. The standard InChI is InChI=1S/C12H11BrN2O2S/c1-6-10(9(14)12(16)17)18-11(15-6)7-2-4-8(13)5-3-7/h2-5,9H,14H2,1H3,(H,16,17). The smallest absolute Gasteiger partial charge is 0.326 e. The number of carboxylic acid groups (broad SMARTS) is 1. The number of nitrogens with two attached hydrogens (primary N) is 1. The molecular weight excluding hydrogens is 316 g/mol. The zero-order valence-electron chi connectivity index (χ0n) is 9.55. The number of benzene rings is 1. The second-order valence-electron chi connectivity index (χ2n) is 3.79. The molecule has 6 heteroatoms. The highest BCUT2D eigenvalue weighted by Gasteiger charge is 2.21.